The van der Waals surface area contributed by atoms with Gasteiger partial charge in [-0.1, -0.05) is 0 Å². The van der Waals surface area contributed by atoms with Gasteiger partial charge in [0.1, 0.15) is 12.4 Å². The van der Waals surface area contributed by atoms with Gasteiger partial charge in [0.15, 0.2) is 5.82 Å². The molecule has 0 atom stereocenters. The summed E-state index contributed by atoms with van der Waals surface area (Å²) in [6.45, 7) is 1.20. The lowest BCUT2D eigenvalue weighted by Crippen LogP contribution is -2.50. The molecule has 184 valence electrons. The molecule has 1 aromatic carbocycles. The zero-order chi connectivity index (χ0) is 25.0. The molecule has 14 heteroatoms. The zero-order valence-electron chi connectivity index (χ0n) is 18.2. The van der Waals surface area contributed by atoms with Crippen LogP contribution in [0.25, 0.3) is 0 Å². The van der Waals surface area contributed by atoms with Gasteiger partial charge in [-0.05, 0) is 24.3 Å². The summed E-state index contributed by atoms with van der Waals surface area (Å²) < 4.78 is 58.5. The fourth-order valence-electron chi connectivity index (χ4n) is 3.39. The summed E-state index contributed by atoms with van der Waals surface area (Å²) in [7, 11) is 0. The summed E-state index contributed by atoms with van der Waals surface area (Å²) >= 11 is 0. The number of aromatic nitrogens is 4. The minimum absolute atomic E-state index is 0.0866. The van der Waals surface area contributed by atoms with E-state index < -0.39 is 29.3 Å². The van der Waals surface area contributed by atoms with Crippen molar-refractivity contribution in [2.45, 2.75) is 12.8 Å². The van der Waals surface area contributed by atoms with Gasteiger partial charge in [-0.25, -0.2) is 29.1 Å². The third-order valence-electron chi connectivity index (χ3n) is 5.14. The molecule has 1 fully saturated rings. The van der Waals surface area contributed by atoms with Crippen molar-refractivity contribution in [3.05, 3.63) is 59.9 Å². The second-order valence-corrected chi connectivity index (χ2v) is 7.48. The lowest BCUT2D eigenvalue weighted by atomic mass is 10.2. The first-order valence-corrected chi connectivity index (χ1v) is 10.4. The molecule has 3 N–H and O–H groups in total. The number of urea groups is 1. The number of hydrogen-bond acceptors (Lipinski definition) is 8. The molecule has 3 heterocycles. The van der Waals surface area contributed by atoms with Crippen molar-refractivity contribution in [2.75, 3.05) is 42.1 Å². The van der Waals surface area contributed by atoms with Crippen LogP contribution in [0.5, 0.6) is 5.88 Å². The van der Waals surface area contributed by atoms with E-state index in [1.807, 2.05) is 4.90 Å². The fraction of sp³-hybridized carbons (Fsp3) is 0.286. The normalized spacial score (nSPS) is 14.1. The fourth-order valence-corrected chi connectivity index (χ4v) is 3.39. The molecule has 0 radical (unpaired) electrons. The quantitative estimate of drug-likeness (QED) is 0.522. The lowest BCUT2D eigenvalue weighted by Gasteiger charge is -2.35. The van der Waals surface area contributed by atoms with Crippen LogP contribution >= 0.6 is 0 Å². The number of halogens is 4. The van der Waals surface area contributed by atoms with Gasteiger partial charge in [-0.2, -0.15) is 13.2 Å². The summed E-state index contributed by atoms with van der Waals surface area (Å²) in [6.07, 6.45) is -0.176. The largest absolute Gasteiger partial charge is 0.469 e. The molecule has 0 bridgehead atoms. The number of carbonyl (C=O) groups is 1. The predicted octanol–water partition coefficient (Wildman–Crippen LogP) is 2.94. The molecule has 0 saturated carbocycles. The van der Waals surface area contributed by atoms with Crippen LogP contribution in [-0.4, -0.2) is 57.0 Å². The lowest BCUT2D eigenvalue weighted by molar-refractivity contribution is -0.137. The van der Waals surface area contributed by atoms with Crippen molar-refractivity contribution >= 4 is 23.5 Å². The van der Waals surface area contributed by atoms with Gasteiger partial charge in [0.05, 0.1) is 16.9 Å². The van der Waals surface area contributed by atoms with Gasteiger partial charge in [-0.3, -0.25) is 0 Å². The Labute approximate surface area is 196 Å². The van der Waals surface area contributed by atoms with E-state index in [9.17, 15) is 22.4 Å². The van der Waals surface area contributed by atoms with Crippen LogP contribution in [0.1, 0.15) is 11.3 Å². The van der Waals surface area contributed by atoms with Gasteiger partial charge >= 0.3 is 12.2 Å². The first-order valence-electron chi connectivity index (χ1n) is 10.4. The van der Waals surface area contributed by atoms with Crippen molar-refractivity contribution < 1.29 is 27.1 Å². The van der Waals surface area contributed by atoms with Crippen LogP contribution in [0.4, 0.5) is 39.8 Å². The number of benzene rings is 1. The maximum absolute atomic E-state index is 14.0. The van der Waals surface area contributed by atoms with E-state index in [0.717, 1.165) is 0 Å². The standard InChI is InChI=1S/C21H20F4N8O2/c22-15-2-1-13(21(23,24)25)11-16(15)31-20(34)33-9-7-32(8-10-33)17-18(28-6-5-27-17)35-12-14-3-4-29-19(26)30-14/h1-6,11H,7-10,12H2,(H,31,34)(H2,26,29,30). The van der Waals surface area contributed by atoms with Crippen LogP contribution in [0.3, 0.4) is 0 Å². The van der Waals surface area contributed by atoms with Gasteiger partial charge in [0, 0.05) is 44.8 Å². The van der Waals surface area contributed by atoms with E-state index in [2.05, 4.69) is 25.3 Å². The number of nitrogens with one attached hydrogen (secondary N) is 1. The number of piperazine rings is 1. The monoisotopic (exact) mass is 492 g/mol. The molecule has 0 spiro atoms. The minimum atomic E-state index is -4.66. The third-order valence-corrected chi connectivity index (χ3v) is 5.14. The Morgan fingerprint density at radius 1 is 1.06 bits per heavy atom. The summed E-state index contributed by atoms with van der Waals surface area (Å²) in [4.78, 5) is 32.2. The average Bonchev–Trinajstić information content (AvgIpc) is 2.84. The number of nitrogens with two attached hydrogens (primary N) is 1. The van der Waals surface area contributed by atoms with Gasteiger partial charge in [0.2, 0.25) is 5.95 Å². The summed E-state index contributed by atoms with van der Waals surface area (Å²) in [5.41, 5.74) is 4.53. The van der Waals surface area contributed by atoms with Gasteiger partial charge in [-0.15, -0.1) is 0 Å². The molecular formula is C21H20F4N8O2. The van der Waals surface area contributed by atoms with E-state index in [1.165, 1.54) is 23.5 Å². The van der Waals surface area contributed by atoms with E-state index in [-0.39, 0.29) is 31.5 Å². The van der Waals surface area contributed by atoms with E-state index in [1.54, 1.807) is 6.07 Å². The Morgan fingerprint density at radius 2 is 1.80 bits per heavy atom. The maximum Gasteiger partial charge on any atom is 0.416 e. The van der Waals surface area contributed by atoms with Crippen LogP contribution in [0.15, 0.2) is 42.9 Å². The second kappa shape index (κ2) is 9.95. The molecule has 2 amide bonds. The SMILES string of the molecule is Nc1nccc(COc2nccnc2N2CCN(C(=O)Nc3cc(C(F)(F)F)ccc3F)CC2)n1. The maximum atomic E-state index is 14.0. The minimum Gasteiger partial charge on any atom is -0.469 e. The average molecular weight is 492 g/mol. The number of carbonyl (C=O) groups excluding carboxylic acids is 1. The molecule has 0 unspecified atom stereocenters. The smallest absolute Gasteiger partial charge is 0.416 e. The number of ether oxygens (including phenoxy) is 1. The summed E-state index contributed by atoms with van der Waals surface area (Å²) in [6, 6.07) is 2.79. The van der Waals surface area contributed by atoms with Crippen molar-refractivity contribution in [3.8, 4) is 5.88 Å². The van der Waals surface area contributed by atoms with Crippen molar-refractivity contribution in [2.24, 2.45) is 0 Å². The Hall–Kier alpha value is -4.23. The molecule has 1 saturated heterocycles. The van der Waals surface area contributed by atoms with E-state index >= 15 is 0 Å². The Bertz CT molecular complexity index is 1200. The molecule has 10 nitrogen and oxygen atoms in total. The molecule has 3 aromatic rings. The Kier molecular flexibility index (Phi) is 6.80. The highest BCUT2D eigenvalue weighted by Crippen LogP contribution is 2.32. The number of rotatable bonds is 5. The molecule has 1 aliphatic rings. The number of alkyl halides is 3. The second-order valence-electron chi connectivity index (χ2n) is 7.48. The third kappa shape index (κ3) is 5.83. The number of hydrogen-bond donors (Lipinski definition) is 2. The van der Waals surface area contributed by atoms with Crippen LogP contribution < -0.4 is 20.7 Å². The number of nitrogens with zero attached hydrogens (tertiary/aromatic N) is 6. The highest BCUT2D eigenvalue weighted by atomic mass is 19.4. The number of anilines is 3. The highest BCUT2D eigenvalue weighted by Gasteiger charge is 2.32. The highest BCUT2D eigenvalue weighted by molar-refractivity contribution is 5.89. The molecule has 0 aliphatic carbocycles. The summed E-state index contributed by atoms with van der Waals surface area (Å²) in [5, 5.41) is 2.22. The van der Waals surface area contributed by atoms with Crippen molar-refractivity contribution in [1.29, 1.82) is 0 Å². The first kappa shape index (κ1) is 23.9. The Balaban J connectivity index is 1.37. The van der Waals surface area contributed by atoms with E-state index in [4.69, 9.17) is 10.5 Å². The first-order chi connectivity index (χ1) is 16.7. The number of nitrogen functional groups attached to an aromatic ring is 1. The molecular weight excluding hydrogens is 472 g/mol. The topological polar surface area (TPSA) is 122 Å². The van der Waals surface area contributed by atoms with E-state index in [0.29, 0.717) is 42.8 Å². The van der Waals surface area contributed by atoms with Gasteiger partial charge in [0.25, 0.3) is 5.88 Å². The molecule has 2 aromatic heterocycles. The van der Waals surface area contributed by atoms with Gasteiger partial charge < -0.3 is 25.6 Å². The predicted molar refractivity (Wildman–Crippen MR) is 117 cm³/mol. The molecule has 1 aliphatic heterocycles. The van der Waals surface area contributed by atoms with Crippen molar-refractivity contribution in [3.63, 3.8) is 0 Å². The zero-order valence-corrected chi connectivity index (χ0v) is 18.2. The Morgan fingerprint density at radius 3 is 2.51 bits per heavy atom. The van der Waals surface area contributed by atoms with Crippen LogP contribution in [0.2, 0.25) is 0 Å². The number of amides is 2. The molecule has 35 heavy (non-hydrogen) atoms. The molecule has 4 rings (SSSR count). The summed E-state index contributed by atoms with van der Waals surface area (Å²) in [5.74, 6) is -0.131. The van der Waals surface area contributed by atoms with Crippen LogP contribution in [-0.2, 0) is 12.8 Å². The van der Waals surface area contributed by atoms with Crippen LogP contribution in [0, 0.1) is 5.82 Å². The van der Waals surface area contributed by atoms with Crippen molar-refractivity contribution in [1.82, 2.24) is 24.8 Å².